The Balaban J connectivity index is 1.26. The average Bonchev–Trinajstić information content (AvgIpc) is 2.91. The molecular formula is C27H29N3O6S. The van der Waals surface area contributed by atoms with Crippen LogP contribution in [0.15, 0.2) is 53.4 Å². The first-order valence-corrected chi connectivity index (χ1v) is 13.8. The molecule has 1 atom stereocenters. The molecule has 194 valence electrons. The van der Waals surface area contributed by atoms with Gasteiger partial charge in [0.2, 0.25) is 10.0 Å². The van der Waals surface area contributed by atoms with Crippen LogP contribution in [0.5, 0.6) is 0 Å². The largest absolute Gasteiger partial charge is 0.452 e. The zero-order valence-corrected chi connectivity index (χ0v) is 21.4. The van der Waals surface area contributed by atoms with Crippen LogP contribution in [0.25, 0.3) is 10.9 Å². The van der Waals surface area contributed by atoms with Gasteiger partial charge in [0.15, 0.2) is 6.61 Å². The molecule has 9 nitrogen and oxygen atoms in total. The van der Waals surface area contributed by atoms with Gasteiger partial charge in [-0.1, -0.05) is 25.1 Å². The van der Waals surface area contributed by atoms with Crippen LogP contribution in [-0.4, -0.2) is 62.5 Å². The molecule has 2 aliphatic rings. The molecule has 1 N–H and O–H groups in total. The van der Waals surface area contributed by atoms with E-state index in [9.17, 15) is 18.0 Å². The van der Waals surface area contributed by atoms with Crippen LogP contribution in [0.4, 0.5) is 5.69 Å². The number of morpholine rings is 1. The van der Waals surface area contributed by atoms with E-state index in [1.165, 1.54) is 28.6 Å². The van der Waals surface area contributed by atoms with Gasteiger partial charge in [-0.05, 0) is 61.1 Å². The number of amides is 1. The van der Waals surface area contributed by atoms with Crippen molar-refractivity contribution < 1.29 is 27.5 Å². The lowest BCUT2D eigenvalue weighted by Crippen LogP contribution is -2.40. The minimum atomic E-state index is -3.62. The maximum Gasteiger partial charge on any atom is 0.339 e. The Morgan fingerprint density at radius 2 is 1.84 bits per heavy atom. The molecule has 3 aromatic rings. The number of anilines is 1. The van der Waals surface area contributed by atoms with Crippen LogP contribution in [0.2, 0.25) is 0 Å². The summed E-state index contributed by atoms with van der Waals surface area (Å²) in [6.45, 7) is 3.03. The monoisotopic (exact) mass is 523 g/mol. The van der Waals surface area contributed by atoms with Crippen LogP contribution < -0.4 is 5.32 Å². The molecule has 37 heavy (non-hydrogen) atoms. The smallest absolute Gasteiger partial charge is 0.339 e. The Morgan fingerprint density at radius 1 is 1.11 bits per heavy atom. The van der Waals surface area contributed by atoms with Crippen LogP contribution >= 0.6 is 0 Å². The van der Waals surface area contributed by atoms with Gasteiger partial charge in [-0.3, -0.25) is 9.78 Å². The maximum atomic E-state index is 13.2. The van der Waals surface area contributed by atoms with Crippen molar-refractivity contribution in [1.29, 1.82) is 0 Å². The Hall–Kier alpha value is -3.34. The third kappa shape index (κ3) is 5.36. The number of para-hydroxylation sites is 1. The topological polar surface area (TPSA) is 115 Å². The molecule has 0 bridgehead atoms. The first-order valence-electron chi connectivity index (χ1n) is 12.4. The number of hydrogen-bond acceptors (Lipinski definition) is 7. The first-order chi connectivity index (χ1) is 17.8. The molecule has 0 radical (unpaired) electrons. The summed E-state index contributed by atoms with van der Waals surface area (Å²) in [7, 11) is -3.62. The quantitative estimate of drug-likeness (QED) is 0.494. The summed E-state index contributed by atoms with van der Waals surface area (Å²) in [5.41, 5.74) is 3.44. The molecular weight excluding hydrogens is 494 g/mol. The lowest BCUT2D eigenvalue weighted by Gasteiger charge is -2.26. The highest BCUT2D eigenvalue weighted by Gasteiger charge is 2.27. The van der Waals surface area contributed by atoms with E-state index >= 15 is 0 Å². The summed E-state index contributed by atoms with van der Waals surface area (Å²) in [4.78, 5) is 30.6. The fourth-order valence-electron chi connectivity index (χ4n) is 4.84. The number of nitrogens with one attached hydrogen (secondary N) is 1. The maximum absolute atomic E-state index is 13.2. The van der Waals surface area contributed by atoms with E-state index in [1.807, 2.05) is 24.3 Å². The number of carbonyl (C=O) groups is 2. The van der Waals surface area contributed by atoms with Gasteiger partial charge in [0, 0.05) is 29.9 Å². The van der Waals surface area contributed by atoms with E-state index in [-0.39, 0.29) is 4.90 Å². The second-order valence-corrected chi connectivity index (χ2v) is 11.4. The number of esters is 1. The highest BCUT2D eigenvalue weighted by Crippen LogP contribution is 2.32. The van der Waals surface area contributed by atoms with Crippen molar-refractivity contribution >= 4 is 38.5 Å². The number of benzene rings is 2. The SMILES string of the molecule is C[C@H]1CCc2nc3ccccc3c(C(=O)OCC(=O)Nc3ccc(S(=O)(=O)N4CCOCC4)cc3)c2C1. The van der Waals surface area contributed by atoms with Crippen molar-refractivity contribution in [2.75, 3.05) is 38.2 Å². The Labute approximate surface area is 215 Å². The standard InChI is InChI=1S/C27H29N3O6S/c1-18-6-11-24-22(16-18)26(21-4-2-3-5-23(21)29-24)27(32)36-17-25(31)28-19-7-9-20(10-8-19)37(33,34)30-12-14-35-15-13-30/h2-5,7-10,18H,6,11-17H2,1H3,(H,28,31)/t18-/m0/s1. The molecule has 1 fully saturated rings. The van der Waals surface area contributed by atoms with Crippen molar-refractivity contribution in [2.24, 2.45) is 5.92 Å². The summed E-state index contributed by atoms with van der Waals surface area (Å²) in [6.07, 6.45) is 2.56. The number of aryl methyl sites for hydroxylation is 1. The van der Waals surface area contributed by atoms with Gasteiger partial charge < -0.3 is 14.8 Å². The van der Waals surface area contributed by atoms with Crippen LogP contribution in [0.1, 0.15) is 35.0 Å². The molecule has 0 spiro atoms. The summed E-state index contributed by atoms with van der Waals surface area (Å²) in [5.74, 6) is -0.635. The molecule has 10 heteroatoms. The van der Waals surface area contributed by atoms with Crippen molar-refractivity contribution in [3.63, 3.8) is 0 Å². The first kappa shape index (κ1) is 25.3. The van der Waals surface area contributed by atoms with E-state index in [0.29, 0.717) is 43.5 Å². The Morgan fingerprint density at radius 3 is 2.59 bits per heavy atom. The van der Waals surface area contributed by atoms with E-state index in [4.69, 9.17) is 14.5 Å². The number of nitrogens with zero attached hydrogens (tertiary/aromatic N) is 2. The number of carbonyl (C=O) groups excluding carboxylic acids is 2. The molecule has 1 aliphatic carbocycles. The highest BCUT2D eigenvalue weighted by molar-refractivity contribution is 7.89. The summed E-state index contributed by atoms with van der Waals surface area (Å²) in [6, 6.07) is 13.4. The number of pyridine rings is 1. The van der Waals surface area contributed by atoms with Gasteiger partial charge in [0.25, 0.3) is 5.91 Å². The molecule has 5 rings (SSSR count). The minimum absolute atomic E-state index is 0.141. The second-order valence-electron chi connectivity index (χ2n) is 9.44. The van der Waals surface area contributed by atoms with E-state index < -0.39 is 28.5 Å². The number of aromatic nitrogens is 1. The zero-order chi connectivity index (χ0) is 26.0. The van der Waals surface area contributed by atoms with Crippen LogP contribution in [0.3, 0.4) is 0 Å². The van der Waals surface area contributed by atoms with Gasteiger partial charge in [-0.2, -0.15) is 4.31 Å². The molecule has 1 saturated heterocycles. The number of rotatable bonds is 6. The minimum Gasteiger partial charge on any atom is -0.452 e. The third-order valence-corrected chi connectivity index (χ3v) is 8.70. The number of sulfonamides is 1. The van der Waals surface area contributed by atoms with Gasteiger partial charge in [-0.25, -0.2) is 13.2 Å². The highest BCUT2D eigenvalue weighted by atomic mass is 32.2. The normalized spacial score (nSPS) is 18.2. The number of fused-ring (bicyclic) bond motifs is 2. The van der Waals surface area contributed by atoms with Gasteiger partial charge >= 0.3 is 5.97 Å². The predicted octanol–water partition coefficient (Wildman–Crippen LogP) is 3.18. The van der Waals surface area contributed by atoms with Gasteiger partial charge in [-0.15, -0.1) is 0 Å². The Bertz CT molecular complexity index is 1430. The number of ether oxygens (including phenoxy) is 2. The molecule has 1 amide bonds. The van der Waals surface area contributed by atoms with E-state index in [2.05, 4.69) is 12.2 Å². The second kappa shape index (κ2) is 10.6. The zero-order valence-electron chi connectivity index (χ0n) is 20.6. The predicted molar refractivity (Wildman–Crippen MR) is 138 cm³/mol. The van der Waals surface area contributed by atoms with E-state index in [1.54, 1.807) is 0 Å². The van der Waals surface area contributed by atoms with E-state index in [0.717, 1.165) is 41.4 Å². The van der Waals surface area contributed by atoms with Gasteiger partial charge in [0.1, 0.15) is 0 Å². The molecule has 1 aromatic heterocycles. The van der Waals surface area contributed by atoms with Crippen molar-refractivity contribution in [1.82, 2.24) is 9.29 Å². The van der Waals surface area contributed by atoms with Gasteiger partial charge in [0.05, 0.1) is 29.2 Å². The summed E-state index contributed by atoms with van der Waals surface area (Å²) >= 11 is 0. The molecule has 2 aromatic carbocycles. The van der Waals surface area contributed by atoms with Crippen molar-refractivity contribution in [2.45, 2.75) is 31.1 Å². The van der Waals surface area contributed by atoms with Crippen molar-refractivity contribution in [3.8, 4) is 0 Å². The summed E-state index contributed by atoms with van der Waals surface area (Å²) < 4.78 is 37.6. The third-order valence-electron chi connectivity index (χ3n) is 6.79. The van der Waals surface area contributed by atoms with Crippen LogP contribution in [0, 0.1) is 5.92 Å². The van der Waals surface area contributed by atoms with Crippen LogP contribution in [-0.2, 0) is 37.1 Å². The lowest BCUT2D eigenvalue weighted by atomic mass is 9.84. The van der Waals surface area contributed by atoms with Crippen molar-refractivity contribution in [3.05, 3.63) is 65.4 Å². The number of hydrogen-bond donors (Lipinski definition) is 1. The molecule has 2 heterocycles. The summed E-state index contributed by atoms with van der Waals surface area (Å²) in [5, 5.41) is 3.38. The molecule has 0 saturated carbocycles. The lowest BCUT2D eigenvalue weighted by molar-refractivity contribution is -0.119. The Kier molecular flexibility index (Phi) is 7.23. The fourth-order valence-corrected chi connectivity index (χ4v) is 6.25. The fraction of sp³-hybridized carbons (Fsp3) is 0.370. The molecule has 0 unspecified atom stereocenters. The molecule has 1 aliphatic heterocycles. The average molecular weight is 524 g/mol.